The molecule has 140 valence electrons. The Bertz CT molecular complexity index is 353. The predicted octanol–water partition coefficient (Wildman–Crippen LogP) is 5.22. The van der Waals surface area contributed by atoms with Crippen LogP contribution in [0.2, 0.25) is 0 Å². The smallest absolute Gasteiger partial charge is 0.325 e. The number of allylic oxidation sites excluding steroid dienone is 2. The van der Waals surface area contributed by atoms with Gasteiger partial charge in [0.05, 0.1) is 0 Å². The molecule has 0 aromatic rings. The molecule has 1 atom stereocenters. The van der Waals surface area contributed by atoms with E-state index >= 15 is 0 Å². The van der Waals surface area contributed by atoms with Gasteiger partial charge in [0.1, 0.15) is 6.04 Å². The molecule has 0 rings (SSSR count). The molecule has 4 heteroatoms. The van der Waals surface area contributed by atoms with Gasteiger partial charge in [0, 0.05) is 6.42 Å². The third kappa shape index (κ3) is 15.6. The van der Waals surface area contributed by atoms with Gasteiger partial charge in [-0.1, -0.05) is 64.0 Å². The fourth-order valence-electron chi connectivity index (χ4n) is 2.55. The fraction of sp³-hybridized carbons (Fsp3) is 0.800. The lowest BCUT2D eigenvalue weighted by molar-refractivity contribution is -0.141. The third-order valence-corrected chi connectivity index (χ3v) is 4.16. The number of carbonyl (C=O) groups excluding carboxylic acids is 1. The lowest BCUT2D eigenvalue weighted by atomic mass is 10.1. The summed E-state index contributed by atoms with van der Waals surface area (Å²) in [5, 5.41) is 11.2. The van der Waals surface area contributed by atoms with E-state index in [1.165, 1.54) is 58.3 Å². The highest BCUT2D eigenvalue weighted by Crippen LogP contribution is 2.09. The number of unbranched alkanes of at least 4 members (excludes halogenated alkanes) is 10. The molecular weight excluding hydrogens is 302 g/mol. The Morgan fingerprint density at radius 1 is 0.875 bits per heavy atom. The van der Waals surface area contributed by atoms with Crippen LogP contribution in [0.1, 0.15) is 97.3 Å². The van der Waals surface area contributed by atoms with E-state index in [-0.39, 0.29) is 5.91 Å². The molecule has 0 aromatic heterocycles. The molecule has 4 nitrogen and oxygen atoms in total. The Balaban J connectivity index is 3.30. The first kappa shape index (κ1) is 22.7. The summed E-state index contributed by atoms with van der Waals surface area (Å²) in [4.78, 5) is 22.1. The van der Waals surface area contributed by atoms with E-state index in [4.69, 9.17) is 5.11 Å². The van der Waals surface area contributed by atoms with E-state index < -0.39 is 12.0 Å². The lowest BCUT2D eigenvalue weighted by Crippen LogP contribution is -2.38. The van der Waals surface area contributed by atoms with Crippen LogP contribution in [-0.4, -0.2) is 23.0 Å². The summed E-state index contributed by atoms with van der Waals surface area (Å²) in [5.74, 6) is -1.15. The minimum Gasteiger partial charge on any atom is -0.480 e. The number of carboxylic acid groups (broad SMARTS) is 1. The van der Waals surface area contributed by atoms with Crippen molar-refractivity contribution in [1.29, 1.82) is 0 Å². The first-order chi connectivity index (χ1) is 11.6. The number of hydrogen-bond acceptors (Lipinski definition) is 2. The van der Waals surface area contributed by atoms with Gasteiger partial charge in [-0.2, -0.15) is 0 Å². The van der Waals surface area contributed by atoms with E-state index in [0.717, 1.165) is 25.7 Å². The van der Waals surface area contributed by atoms with Gasteiger partial charge in [-0.05, 0) is 39.0 Å². The standard InChI is InChI=1S/C20H37NO3/c1-3-4-5-6-7-8-9-10-11-12-13-14-15-16-17-19(22)21-18(2)20(23)24/h9-10,18H,3-8,11-17H2,1-2H3,(H,21,22)(H,23,24)/b10-9-. The number of hydrogen-bond donors (Lipinski definition) is 2. The monoisotopic (exact) mass is 339 g/mol. The van der Waals surface area contributed by atoms with Crippen LogP contribution < -0.4 is 5.32 Å². The second kappa shape index (κ2) is 16.5. The van der Waals surface area contributed by atoms with Crippen molar-refractivity contribution in [3.05, 3.63) is 12.2 Å². The Morgan fingerprint density at radius 2 is 1.38 bits per heavy atom. The summed E-state index contributed by atoms with van der Waals surface area (Å²) < 4.78 is 0. The van der Waals surface area contributed by atoms with E-state index in [9.17, 15) is 9.59 Å². The summed E-state index contributed by atoms with van der Waals surface area (Å²) in [6.45, 7) is 3.73. The number of nitrogens with one attached hydrogen (secondary N) is 1. The molecule has 0 aliphatic heterocycles. The lowest BCUT2D eigenvalue weighted by Gasteiger charge is -2.08. The van der Waals surface area contributed by atoms with Crippen molar-refractivity contribution in [1.82, 2.24) is 5.32 Å². The second-order valence-electron chi connectivity index (χ2n) is 6.61. The van der Waals surface area contributed by atoms with Gasteiger partial charge < -0.3 is 10.4 Å². The molecule has 0 aromatic carbocycles. The van der Waals surface area contributed by atoms with Crippen LogP contribution >= 0.6 is 0 Å². The molecule has 1 unspecified atom stereocenters. The van der Waals surface area contributed by atoms with Crippen molar-refractivity contribution < 1.29 is 14.7 Å². The van der Waals surface area contributed by atoms with Crippen LogP contribution in [0.5, 0.6) is 0 Å². The van der Waals surface area contributed by atoms with E-state index in [1.54, 1.807) is 0 Å². The molecule has 0 bridgehead atoms. The van der Waals surface area contributed by atoms with Crippen LogP contribution in [0.3, 0.4) is 0 Å². The second-order valence-corrected chi connectivity index (χ2v) is 6.61. The molecule has 0 spiro atoms. The Morgan fingerprint density at radius 3 is 1.92 bits per heavy atom. The van der Waals surface area contributed by atoms with Crippen molar-refractivity contribution in [2.45, 2.75) is 103 Å². The number of aliphatic carboxylic acids is 1. The summed E-state index contributed by atoms with van der Waals surface area (Å²) in [6, 6.07) is -0.795. The number of carboxylic acids is 1. The van der Waals surface area contributed by atoms with Gasteiger partial charge in [-0.15, -0.1) is 0 Å². The third-order valence-electron chi connectivity index (χ3n) is 4.16. The van der Waals surface area contributed by atoms with Crippen molar-refractivity contribution in [2.75, 3.05) is 0 Å². The molecule has 0 aliphatic carbocycles. The van der Waals surface area contributed by atoms with Crippen LogP contribution in [-0.2, 0) is 9.59 Å². The van der Waals surface area contributed by atoms with Crippen LogP contribution in [0.15, 0.2) is 12.2 Å². The van der Waals surface area contributed by atoms with Crippen molar-refractivity contribution in [2.24, 2.45) is 0 Å². The highest BCUT2D eigenvalue weighted by molar-refractivity contribution is 5.83. The molecule has 0 radical (unpaired) electrons. The van der Waals surface area contributed by atoms with Gasteiger partial charge >= 0.3 is 5.97 Å². The summed E-state index contributed by atoms with van der Waals surface area (Å²) in [5.41, 5.74) is 0. The first-order valence-corrected chi connectivity index (χ1v) is 9.75. The molecule has 1 amide bonds. The Labute approximate surface area is 148 Å². The molecule has 0 saturated carbocycles. The number of carbonyl (C=O) groups is 2. The topological polar surface area (TPSA) is 66.4 Å². The zero-order valence-electron chi connectivity index (χ0n) is 15.7. The minimum absolute atomic E-state index is 0.160. The maximum absolute atomic E-state index is 11.5. The molecule has 2 N–H and O–H groups in total. The first-order valence-electron chi connectivity index (χ1n) is 9.75. The summed E-state index contributed by atoms with van der Waals surface area (Å²) in [6.07, 6.45) is 19.6. The maximum atomic E-state index is 11.5. The maximum Gasteiger partial charge on any atom is 0.325 e. The normalized spacial score (nSPS) is 12.4. The SMILES string of the molecule is CCCCCCC/C=C\CCCCCCCC(=O)NC(C)C(=O)O. The average Bonchev–Trinajstić information content (AvgIpc) is 2.55. The van der Waals surface area contributed by atoms with Crippen LogP contribution in [0.25, 0.3) is 0 Å². The molecule has 0 heterocycles. The van der Waals surface area contributed by atoms with E-state index in [2.05, 4.69) is 24.4 Å². The van der Waals surface area contributed by atoms with Crippen LogP contribution in [0, 0.1) is 0 Å². The van der Waals surface area contributed by atoms with Gasteiger partial charge in [0.15, 0.2) is 0 Å². The molecule has 0 fully saturated rings. The minimum atomic E-state index is -0.989. The highest BCUT2D eigenvalue weighted by atomic mass is 16.4. The fourth-order valence-corrected chi connectivity index (χ4v) is 2.55. The van der Waals surface area contributed by atoms with E-state index in [1.807, 2.05) is 0 Å². The quantitative estimate of drug-likeness (QED) is 0.299. The molecule has 0 aliphatic rings. The van der Waals surface area contributed by atoms with Gasteiger partial charge in [0.25, 0.3) is 0 Å². The van der Waals surface area contributed by atoms with Crippen molar-refractivity contribution in [3.63, 3.8) is 0 Å². The van der Waals surface area contributed by atoms with E-state index in [0.29, 0.717) is 6.42 Å². The number of amides is 1. The van der Waals surface area contributed by atoms with Gasteiger partial charge in [-0.3, -0.25) is 9.59 Å². The highest BCUT2D eigenvalue weighted by Gasteiger charge is 2.12. The summed E-state index contributed by atoms with van der Waals surface area (Å²) in [7, 11) is 0. The average molecular weight is 340 g/mol. The molecule has 0 saturated heterocycles. The Kier molecular flexibility index (Phi) is 15.6. The molecular formula is C20H37NO3. The largest absolute Gasteiger partial charge is 0.480 e. The predicted molar refractivity (Wildman–Crippen MR) is 100 cm³/mol. The zero-order chi connectivity index (χ0) is 18.0. The van der Waals surface area contributed by atoms with Gasteiger partial charge in [-0.25, -0.2) is 0 Å². The van der Waals surface area contributed by atoms with Crippen molar-refractivity contribution in [3.8, 4) is 0 Å². The van der Waals surface area contributed by atoms with Crippen LogP contribution in [0.4, 0.5) is 0 Å². The van der Waals surface area contributed by atoms with Crippen molar-refractivity contribution >= 4 is 11.9 Å². The Hall–Kier alpha value is -1.32. The van der Waals surface area contributed by atoms with Gasteiger partial charge in [0.2, 0.25) is 5.91 Å². The molecule has 24 heavy (non-hydrogen) atoms. The number of rotatable bonds is 16. The zero-order valence-corrected chi connectivity index (χ0v) is 15.7. The summed E-state index contributed by atoms with van der Waals surface area (Å²) >= 11 is 0.